The maximum absolute atomic E-state index is 2.60. The van der Waals surface area contributed by atoms with E-state index in [1.165, 1.54) is 0 Å². The van der Waals surface area contributed by atoms with Gasteiger partial charge in [-0.3, -0.25) is 0 Å². The van der Waals surface area contributed by atoms with Crippen molar-refractivity contribution in [2.24, 2.45) is 0 Å². The van der Waals surface area contributed by atoms with Crippen molar-refractivity contribution in [1.29, 1.82) is 0 Å². The topological polar surface area (TPSA) is 189 Å². The molecule has 0 saturated heterocycles. The summed E-state index contributed by atoms with van der Waals surface area (Å²) >= 11 is 5.55. The van der Waals surface area contributed by atoms with Gasteiger partial charge in [-0.15, -0.1) is 0 Å². The first-order chi connectivity index (χ1) is 17.2. The van der Waals surface area contributed by atoms with E-state index >= 15 is 0 Å². The molecule has 0 aromatic heterocycles. The fourth-order valence-corrected chi connectivity index (χ4v) is 91.1. The van der Waals surface area contributed by atoms with Crippen molar-refractivity contribution in [3.05, 3.63) is 0 Å². The van der Waals surface area contributed by atoms with Crippen LogP contribution in [0.25, 0.3) is 0 Å². The second kappa shape index (κ2) is 22.2. The Kier molecular flexibility index (Phi) is 33.8. The summed E-state index contributed by atoms with van der Waals surface area (Å²) in [5, 5.41) is 0. The quantitative estimate of drug-likeness (QED) is 0.218. The first kappa shape index (κ1) is 73.2. The summed E-state index contributed by atoms with van der Waals surface area (Å²) in [6, 6.07) is 0. The third kappa shape index (κ3) is 16.7. The summed E-state index contributed by atoms with van der Waals surface area (Å²) in [5.74, 6) is 0. The fraction of sp³-hybridized carbons (Fsp3) is 1.00. The van der Waals surface area contributed by atoms with Gasteiger partial charge in [-0.05, 0) is 0 Å². The van der Waals surface area contributed by atoms with E-state index in [-0.39, 0.29) is 32.9 Å². The molecule has 0 unspecified atom stereocenters. The molecule has 0 aliphatic rings. The van der Waals surface area contributed by atoms with Crippen molar-refractivity contribution in [2.45, 2.75) is 184 Å². The van der Waals surface area contributed by atoms with Crippen LogP contribution in [-0.4, -0.2) is 173 Å². The Morgan fingerprint density at radius 2 is 0.229 bits per heavy atom. The van der Waals surface area contributed by atoms with E-state index in [0.29, 0.717) is 0 Å². The Balaban J connectivity index is -0.0000000639. The summed E-state index contributed by atoms with van der Waals surface area (Å²) in [7, 11) is -9.16. The van der Waals surface area contributed by atoms with Gasteiger partial charge >= 0.3 is 324 Å². The number of rotatable bonds is 9. The van der Waals surface area contributed by atoms with Crippen molar-refractivity contribution >= 4 is 140 Å². The van der Waals surface area contributed by atoms with Gasteiger partial charge < -0.3 is 32.9 Å². The maximum Gasteiger partial charge on any atom is -0.412 e. The Bertz CT molecular complexity index is 647. The van der Waals surface area contributed by atoms with Crippen LogP contribution < -0.4 is 0 Å². The molecule has 0 aromatic carbocycles. The Morgan fingerprint density at radius 1 is 0.188 bits per heavy atom. The van der Waals surface area contributed by atoms with Crippen molar-refractivity contribution in [2.75, 3.05) is 0 Å². The second-order valence-electron chi connectivity index (χ2n) is 22.5. The number of hydrogen-bond donors (Lipinski definition) is 0. The van der Waals surface area contributed by atoms with E-state index in [0.717, 1.165) is 6.90 Å². The first-order valence-corrected chi connectivity index (χ1v) is 52.3. The van der Waals surface area contributed by atoms with Crippen LogP contribution in [0.3, 0.4) is 0 Å². The molecule has 0 spiro atoms. The molecule has 0 saturated carbocycles. The molecular weight excluding hydrogens is 1070 g/mol. The van der Waals surface area contributed by atoms with Crippen LogP contribution in [0.1, 0.15) is 0 Å². The molecule has 0 aromatic rings. The SMILES string of the molecule is C[Si](C)(C)[C]([Sn])([Si](C)(C)C)[Si](C)(C)C.C[Si](C)(C)[C]([Sn])([Si](C)(C)C)[Si](C)(C)C.C[Si](C)(C)[C]([Sn])([Si](C)(C)C)[Si](C)(C)C.O.O.O.O.O.O. The van der Waals surface area contributed by atoms with Crippen molar-refractivity contribution in [1.82, 2.24) is 0 Å². The van der Waals surface area contributed by atoms with Gasteiger partial charge in [-0.1, -0.05) is 0 Å². The third-order valence-corrected chi connectivity index (χ3v) is 129. The molecule has 0 bridgehead atoms. The predicted octanol–water partition coefficient (Wildman–Crippen LogP) is 6.89. The normalized spacial score (nSPS) is 13.9. The van der Waals surface area contributed by atoms with Crippen LogP contribution >= 0.6 is 0 Å². The minimum Gasteiger partial charge on any atom is -0.412 e. The molecular formula is C30H93O6Si9Sn3. The smallest absolute Gasteiger partial charge is 0.412 e. The maximum atomic E-state index is 2.60. The van der Waals surface area contributed by atoms with Gasteiger partial charge in [0.1, 0.15) is 0 Å². The molecule has 0 atom stereocenters. The van der Waals surface area contributed by atoms with Gasteiger partial charge in [0, 0.05) is 0 Å². The van der Waals surface area contributed by atoms with Crippen molar-refractivity contribution < 1.29 is 32.9 Å². The van der Waals surface area contributed by atoms with E-state index in [1.54, 1.807) is 0 Å². The largest absolute Gasteiger partial charge is 0.412 e. The molecule has 48 heavy (non-hydrogen) atoms. The minimum absolute atomic E-state index is 0. The second-order valence-corrected chi connectivity index (χ2v) is 93.5. The molecule has 297 valence electrons. The third-order valence-electron chi connectivity index (χ3n) is 10.1. The van der Waals surface area contributed by atoms with Gasteiger partial charge in [0.2, 0.25) is 0 Å². The Morgan fingerprint density at radius 3 is 0.229 bits per heavy atom. The summed E-state index contributed by atoms with van der Waals surface area (Å²) in [4.78, 5) is 0. The molecule has 0 aliphatic carbocycles. The first-order valence-electron chi connectivity index (χ1n) is 16.5. The summed E-state index contributed by atoms with van der Waals surface area (Å²) in [6.45, 7) is 70.1. The van der Waals surface area contributed by atoms with Crippen molar-refractivity contribution in [3.8, 4) is 0 Å². The molecule has 0 heterocycles. The fourth-order valence-electron chi connectivity index (χ4n) is 10.1. The average molecular weight is 1160 g/mol. The molecule has 9 radical (unpaired) electrons. The zero-order valence-corrected chi connectivity index (χ0v) is 55.1. The van der Waals surface area contributed by atoms with Crippen LogP contribution in [0.2, 0.25) is 184 Å². The van der Waals surface area contributed by atoms with Crippen molar-refractivity contribution in [3.63, 3.8) is 0 Å². The summed E-state index contributed by atoms with van der Waals surface area (Å²) in [5.41, 5.74) is 0. The van der Waals surface area contributed by atoms with E-state index in [1.807, 2.05) is 67.6 Å². The predicted molar refractivity (Wildman–Crippen MR) is 257 cm³/mol. The Labute approximate surface area is 352 Å². The molecule has 6 nitrogen and oxygen atoms in total. The Hall–Kier alpha value is 4.11. The van der Waals surface area contributed by atoms with E-state index < -0.39 is 72.7 Å². The zero-order chi connectivity index (χ0) is 36.0. The monoisotopic (exact) mass is 1160 g/mol. The minimum atomic E-state index is -1.02. The van der Waals surface area contributed by atoms with Gasteiger partial charge in [0.15, 0.2) is 0 Å². The standard InChI is InChI=1S/3C10H27Si3.6H2O.3Sn/c3*1-11(2,3)10(12(4,5)6)13(7,8)9;;;;;;;;;/h3*1-9H3;6*1H2;;;. The van der Waals surface area contributed by atoms with Crippen LogP contribution in [0.5, 0.6) is 0 Å². The van der Waals surface area contributed by atoms with Gasteiger partial charge in [0.25, 0.3) is 0 Å². The zero-order valence-electron chi connectivity index (χ0n) is 37.5. The van der Waals surface area contributed by atoms with E-state index in [2.05, 4.69) is 177 Å². The molecule has 0 rings (SSSR count). The average Bonchev–Trinajstić information content (AvgIpc) is 2.58. The van der Waals surface area contributed by atoms with Crippen LogP contribution in [-0.2, 0) is 0 Å². The van der Waals surface area contributed by atoms with Crippen LogP contribution in [0.15, 0.2) is 0 Å². The summed E-state index contributed by atoms with van der Waals surface area (Å²) < 4.78 is 2.46. The van der Waals surface area contributed by atoms with Crippen LogP contribution in [0.4, 0.5) is 0 Å². The van der Waals surface area contributed by atoms with Gasteiger partial charge in [-0.25, -0.2) is 0 Å². The van der Waals surface area contributed by atoms with Crippen LogP contribution in [0, 0.1) is 0 Å². The molecule has 18 heteroatoms. The molecule has 0 fully saturated rings. The van der Waals surface area contributed by atoms with E-state index in [4.69, 9.17) is 0 Å². The molecule has 12 N–H and O–H groups in total. The summed E-state index contributed by atoms with van der Waals surface area (Å²) in [6.07, 6.45) is 0. The van der Waals surface area contributed by atoms with E-state index in [9.17, 15) is 0 Å². The number of hydrogen-bond acceptors (Lipinski definition) is 0. The van der Waals surface area contributed by atoms with Gasteiger partial charge in [0.05, 0.1) is 0 Å². The van der Waals surface area contributed by atoms with Gasteiger partial charge in [-0.2, -0.15) is 0 Å². The molecule has 0 aliphatic heterocycles. The molecule has 0 amide bonds.